The zero-order valence-electron chi connectivity index (χ0n) is 17.7. The third kappa shape index (κ3) is 6.51. The number of aromatic nitrogens is 2. The van der Waals surface area contributed by atoms with E-state index in [0.717, 1.165) is 19.4 Å². The Bertz CT molecular complexity index is 1070. The van der Waals surface area contributed by atoms with Crippen molar-refractivity contribution in [1.29, 1.82) is 0 Å². The minimum atomic E-state index is -5.08. The fraction of sp³-hybridized carbons (Fsp3) is 0.400. The highest BCUT2D eigenvalue weighted by atomic mass is 19.4. The van der Waals surface area contributed by atoms with Gasteiger partial charge >= 0.3 is 12.1 Å². The van der Waals surface area contributed by atoms with E-state index in [-0.39, 0.29) is 24.1 Å². The molecule has 0 spiro atoms. The zero-order valence-corrected chi connectivity index (χ0v) is 17.7. The van der Waals surface area contributed by atoms with Crippen LogP contribution >= 0.6 is 0 Å². The van der Waals surface area contributed by atoms with Crippen LogP contribution in [0.3, 0.4) is 0 Å². The van der Waals surface area contributed by atoms with Crippen LogP contribution in [0.4, 0.5) is 17.6 Å². The Kier molecular flexibility index (Phi) is 8.14. The van der Waals surface area contributed by atoms with Gasteiger partial charge in [-0.3, -0.25) is 19.1 Å². The van der Waals surface area contributed by atoms with Gasteiger partial charge in [0.15, 0.2) is 5.69 Å². The molecule has 9 nitrogen and oxygen atoms in total. The van der Waals surface area contributed by atoms with Crippen molar-refractivity contribution in [2.75, 3.05) is 13.6 Å². The lowest BCUT2D eigenvalue weighted by Crippen LogP contribution is -2.33. The van der Waals surface area contributed by atoms with E-state index >= 15 is 0 Å². The van der Waals surface area contributed by atoms with E-state index in [9.17, 15) is 32.3 Å². The van der Waals surface area contributed by atoms with Gasteiger partial charge in [0.2, 0.25) is 5.75 Å². The molecule has 0 unspecified atom stereocenters. The van der Waals surface area contributed by atoms with Gasteiger partial charge in [-0.2, -0.15) is 13.2 Å². The number of benzene rings is 1. The first-order valence-corrected chi connectivity index (χ1v) is 9.65. The van der Waals surface area contributed by atoms with Crippen molar-refractivity contribution >= 4 is 11.9 Å². The molecule has 0 saturated carbocycles. The lowest BCUT2D eigenvalue weighted by molar-refractivity contribution is -0.192. The number of hydrogen-bond acceptors (Lipinski definition) is 6. The molecule has 1 aromatic heterocycles. The maximum atomic E-state index is 12.9. The highest BCUT2D eigenvalue weighted by molar-refractivity contribution is 5.94. The highest BCUT2D eigenvalue weighted by Gasteiger charge is 2.38. The molecule has 1 aliphatic heterocycles. The SMILES string of the molecule is CN1CCC[C@H]1c1nc(C(=O)NCc2ccc(F)cc2)c(O)c(=O)n1C.O=C(O)C(F)(F)F. The number of aliphatic carboxylic acids is 1. The third-order valence-electron chi connectivity index (χ3n) is 4.94. The van der Waals surface area contributed by atoms with Crippen LogP contribution in [0, 0.1) is 5.82 Å². The molecule has 2 aromatic rings. The van der Waals surface area contributed by atoms with Crippen LogP contribution in [0.2, 0.25) is 0 Å². The fourth-order valence-corrected chi connectivity index (χ4v) is 3.17. The second kappa shape index (κ2) is 10.4. The molecule has 33 heavy (non-hydrogen) atoms. The summed E-state index contributed by atoms with van der Waals surface area (Å²) < 4.78 is 46.0. The molecule has 180 valence electrons. The minimum absolute atomic E-state index is 0.0723. The molecule has 0 radical (unpaired) electrons. The first-order valence-electron chi connectivity index (χ1n) is 9.65. The maximum Gasteiger partial charge on any atom is 0.490 e. The van der Waals surface area contributed by atoms with Gasteiger partial charge in [-0.15, -0.1) is 0 Å². The first kappa shape index (κ1) is 25.8. The molecule has 1 fully saturated rings. The van der Waals surface area contributed by atoms with Crippen molar-refractivity contribution in [2.24, 2.45) is 7.05 Å². The van der Waals surface area contributed by atoms with Gasteiger partial charge in [-0.05, 0) is 44.1 Å². The molecule has 2 heterocycles. The molecular formula is C20H22F4N4O5. The molecule has 13 heteroatoms. The van der Waals surface area contributed by atoms with E-state index in [1.54, 1.807) is 12.1 Å². The predicted molar refractivity (Wildman–Crippen MR) is 107 cm³/mol. The van der Waals surface area contributed by atoms with E-state index in [4.69, 9.17) is 9.90 Å². The number of nitrogens with one attached hydrogen (secondary N) is 1. The molecule has 0 bridgehead atoms. The number of likely N-dealkylation sites (tertiary alicyclic amines) is 1. The van der Waals surface area contributed by atoms with Crippen LogP contribution in [0.25, 0.3) is 0 Å². The van der Waals surface area contributed by atoms with Gasteiger partial charge in [-0.25, -0.2) is 14.2 Å². The number of rotatable bonds is 4. The second-order valence-electron chi connectivity index (χ2n) is 7.28. The lowest BCUT2D eigenvalue weighted by atomic mass is 10.2. The molecule has 1 amide bonds. The van der Waals surface area contributed by atoms with Crippen molar-refractivity contribution in [3.05, 3.63) is 57.5 Å². The summed E-state index contributed by atoms with van der Waals surface area (Å²) in [5.41, 5.74) is -0.244. The van der Waals surface area contributed by atoms with Gasteiger partial charge in [0.05, 0.1) is 6.04 Å². The van der Waals surface area contributed by atoms with Crippen LogP contribution < -0.4 is 10.9 Å². The Morgan fingerprint density at radius 3 is 2.27 bits per heavy atom. The van der Waals surface area contributed by atoms with E-state index in [2.05, 4.69) is 15.2 Å². The van der Waals surface area contributed by atoms with E-state index < -0.39 is 29.4 Å². The number of alkyl halides is 3. The summed E-state index contributed by atoms with van der Waals surface area (Å²) in [5, 5.41) is 19.8. The number of nitrogens with zero attached hydrogens (tertiary/aromatic N) is 3. The highest BCUT2D eigenvalue weighted by Crippen LogP contribution is 2.29. The molecule has 1 saturated heterocycles. The zero-order chi connectivity index (χ0) is 24.9. The van der Waals surface area contributed by atoms with Crippen molar-refractivity contribution in [3.63, 3.8) is 0 Å². The van der Waals surface area contributed by atoms with Crippen molar-refractivity contribution in [3.8, 4) is 5.75 Å². The van der Waals surface area contributed by atoms with Crippen LogP contribution in [0.1, 0.15) is 40.8 Å². The van der Waals surface area contributed by atoms with Gasteiger partial charge < -0.3 is 15.5 Å². The normalized spacial score (nSPS) is 16.1. The second-order valence-corrected chi connectivity index (χ2v) is 7.28. The monoisotopic (exact) mass is 474 g/mol. The summed E-state index contributed by atoms with van der Waals surface area (Å²) in [5.74, 6) is -3.98. The summed E-state index contributed by atoms with van der Waals surface area (Å²) in [4.78, 5) is 40.0. The Hall–Kier alpha value is -3.48. The molecule has 1 atom stereocenters. The number of halogens is 4. The van der Waals surface area contributed by atoms with Crippen molar-refractivity contribution in [2.45, 2.75) is 31.6 Å². The molecule has 1 aliphatic rings. The number of carbonyl (C=O) groups excluding carboxylic acids is 1. The topological polar surface area (TPSA) is 125 Å². The van der Waals surface area contributed by atoms with Crippen LogP contribution in [-0.2, 0) is 18.4 Å². The molecule has 3 rings (SSSR count). The number of carboxylic acid groups (broad SMARTS) is 1. The summed E-state index contributed by atoms with van der Waals surface area (Å²) in [6.07, 6.45) is -3.28. The summed E-state index contributed by atoms with van der Waals surface area (Å²) in [7, 11) is 3.47. The Morgan fingerprint density at radius 2 is 1.79 bits per heavy atom. The molecule has 1 aromatic carbocycles. The average molecular weight is 474 g/mol. The molecule has 3 N–H and O–H groups in total. The van der Waals surface area contributed by atoms with Gasteiger partial charge in [0.25, 0.3) is 11.5 Å². The number of carbonyl (C=O) groups is 2. The number of hydrogen-bond donors (Lipinski definition) is 3. The third-order valence-corrected chi connectivity index (χ3v) is 4.94. The van der Waals surface area contributed by atoms with E-state index in [1.165, 1.54) is 23.7 Å². The van der Waals surface area contributed by atoms with E-state index in [1.807, 2.05) is 7.05 Å². The van der Waals surface area contributed by atoms with Crippen LogP contribution in [0.15, 0.2) is 29.1 Å². The standard InChI is InChI=1S/C18H21FN4O3.C2HF3O2/c1-22-9-3-4-13(22)16-21-14(15(24)18(26)23(16)2)17(25)20-10-11-5-7-12(19)8-6-11;3-2(4,5)1(6)7/h5-8,13,24H,3-4,9-10H2,1-2H3,(H,20,25);(H,6,7)/t13-;/m0./s1. The Labute approximate surface area is 185 Å². The summed E-state index contributed by atoms with van der Waals surface area (Å²) >= 11 is 0. The largest absolute Gasteiger partial charge is 0.501 e. The molecular weight excluding hydrogens is 452 g/mol. The maximum absolute atomic E-state index is 12.9. The van der Waals surface area contributed by atoms with Crippen LogP contribution in [-0.4, -0.2) is 56.3 Å². The van der Waals surface area contributed by atoms with Crippen LogP contribution in [0.5, 0.6) is 5.75 Å². The number of carboxylic acids is 1. The van der Waals surface area contributed by atoms with Gasteiger partial charge in [0, 0.05) is 13.6 Å². The lowest BCUT2D eigenvalue weighted by Gasteiger charge is -2.21. The smallest absolute Gasteiger partial charge is 0.490 e. The minimum Gasteiger partial charge on any atom is -0.501 e. The van der Waals surface area contributed by atoms with Crippen molar-refractivity contribution in [1.82, 2.24) is 19.8 Å². The number of amides is 1. The Balaban J connectivity index is 0.000000479. The summed E-state index contributed by atoms with van der Waals surface area (Å²) in [6.45, 7) is 1.02. The quantitative estimate of drug-likeness (QED) is 0.579. The van der Waals surface area contributed by atoms with Gasteiger partial charge in [-0.1, -0.05) is 12.1 Å². The molecule has 0 aliphatic carbocycles. The first-order chi connectivity index (χ1) is 15.3. The van der Waals surface area contributed by atoms with Crippen molar-refractivity contribution < 1.29 is 37.4 Å². The number of aromatic hydroxyl groups is 1. The summed E-state index contributed by atoms with van der Waals surface area (Å²) in [6, 6.07) is 5.61. The predicted octanol–water partition coefficient (Wildman–Crippen LogP) is 1.96. The average Bonchev–Trinajstić information content (AvgIpc) is 3.17. The van der Waals surface area contributed by atoms with E-state index in [0.29, 0.717) is 11.4 Å². The van der Waals surface area contributed by atoms with Gasteiger partial charge in [0.1, 0.15) is 11.6 Å². The fourth-order valence-electron chi connectivity index (χ4n) is 3.17. The Morgan fingerprint density at radius 1 is 1.21 bits per heavy atom.